The van der Waals surface area contributed by atoms with E-state index in [1.165, 1.54) is 7.11 Å². The van der Waals surface area contributed by atoms with Gasteiger partial charge in [0.2, 0.25) is 0 Å². The lowest BCUT2D eigenvalue weighted by Gasteiger charge is -2.28. The SMILES string of the molecule is CCOC(=O)C1=C(C)NC(=O)N[C@@H]1c1cccc(OC)c1Cl. The summed E-state index contributed by atoms with van der Waals surface area (Å²) in [5, 5.41) is 5.61. The van der Waals surface area contributed by atoms with Crippen LogP contribution < -0.4 is 15.4 Å². The highest BCUT2D eigenvalue weighted by Gasteiger charge is 2.33. The second-order valence-corrected chi connectivity index (χ2v) is 5.03. The van der Waals surface area contributed by atoms with E-state index in [2.05, 4.69) is 10.6 Å². The van der Waals surface area contributed by atoms with E-state index < -0.39 is 18.0 Å². The third kappa shape index (κ3) is 3.01. The minimum atomic E-state index is -0.699. The summed E-state index contributed by atoms with van der Waals surface area (Å²) < 4.78 is 10.3. The lowest BCUT2D eigenvalue weighted by Crippen LogP contribution is -2.45. The number of esters is 1. The average Bonchev–Trinajstić information content (AvgIpc) is 2.46. The molecular formula is C15H17ClN2O4. The van der Waals surface area contributed by atoms with E-state index in [0.717, 1.165) is 0 Å². The standard InChI is InChI=1S/C15H17ClN2O4/c1-4-22-14(19)11-8(2)17-15(20)18-13(11)9-6-5-7-10(21-3)12(9)16/h5-7,13H,4H2,1-3H3,(H2,17,18,20)/t13-/m1/s1. The Labute approximate surface area is 133 Å². The van der Waals surface area contributed by atoms with Crippen molar-refractivity contribution >= 4 is 23.6 Å². The van der Waals surface area contributed by atoms with Crippen molar-refractivity contribution in [2.45, 2.75) is 19.9 Å². The van der Waals surface area contributed by atoms with Gasteiger partial charge in [0.1, 0.15) is 5.75 Å². The van der Waals surface area contributed by atoms with Crippen molar-refractivity contribution in [3.05, 3.63) is 40.1 Å². The van der Waals surface area contributed by atoms with Crippen LogP contribution in [0, 0.1) is 0 Å². The van der Waals surface area contributed by atoms with Gasteiger partial charge in [-0.2, -0.15) is 0 Å². The summed E-state index contributed by atoms with van der Waals surface area (Å²) in [6.07, 6.45) is 0. The molecule has 7 heteroatoms. The van der Waals surface area contributed by atoms with Crippen molar-refractivity contribution in [1.82, 2.24) is 10.6 Å². The summed E-state index contributed by atoms with van der Waals surface area (Å²) in [5.74, 6) is -0.0378. The van der Waals surface area contributed by atoms with Gasteiger partial charge in [-0.15, -0.1) is 0 Å². The first-order valence-electron chi connectivity index (χ1n) is 6.77. The molecule has 2 N–H and O–H groups in total. The van der Waals surface area contributed by atoms with Crippen molar-refractivity contribution < 1.29 is 19.1 Å². The molecule has 0 saturated carbocycles. The van der Waals surface area contributed by atoms with Crippen LogP contribution in [-0.2, 0) is 9.53 Å². The maximum Gasteiger partial charge on any atom is 0.338 e. The van der Waals surface area contributed by atoms with E-state index >= 15 is 0 Å². The molecule has 0 saturated heterocycles. The molecule has 0 unspecified atom stereocenters. The highest BCUT2D eigenvalue weighted by molar-refractivity contribution is 6.33. The van der Waals surface area contributed by atoms with Gasteiger partial charge in [-0.3, -0.25) is 0 Å². The number of halogens is 1. The Morgan fingerprint density at radius 2 is 2.14 bits per heavy atom. The third-order valence-electron chi connectivity index (χ3n) is 3.29. The summed E-state index contributed by atoms with van der Waals surface area (Å²) >= 11 is 6.31. The first-order valence-corrected chi connectivity index (χ1v) is 7.15. The van der Waals surface area contributed by atoms with Gasteiger partial charge in [0.15, 0.2) is 0 Å². The van der Waals surface area contributed by atoms with Gasteiger partial charge in [-0.25, -0.2) is 9.59 Å². The van der Waals surface area contributed by atoms with Crippen molar-refractivity contribution in [2.24, 2.45) is 0 Å². The van der Waals surface area contributed by atoms with E-state index in [0.29, 0.717) is 27.6 Å². The molecule has 1 aliphatic heterocycles. The van der Waals surface area contributed by atoms with Crippen LogP contribution in [-0.4, -0.2) is 25.7 Å². The molecule has 118 valence electrons. The molecule has 0 bridgehead atoms. The van der Waals surface area contributed by atoms with Crippen LogP contribution in [0.4, 0.5) is 4.79 Å². The van der Waals surface area contributed by atoms with Gasteiger partial charge in [0.25, 0.3) is 0 Å². The van der Waals surface area contributed by atoms with Gasteiger partial charge in [-0.1, -0.05) is 23.7 Å². The molecule has 0 spiro atoms. The number of carbonyl (C=O) groups is 2. The number of nitrogens with one attached hydrogen (secondary N) is 2. The van der Waals surface area contributed by atoms with Crippen LogP contribution in [0.25, 0.3) is 0 Å². The topological polar surface area (TPSA) is 76.7 Å². The number of benzene rings is 1. The smallest absolute Gasteiger partial charge is 0.338 e. The Bertz CT molecular complexity index is 642. The molecule has 22 heavy (non-hydrogen) atoms. The van der Waals surface area contributed by atoms with Crippen LogP contribution in [0.1, 0.15) is 25.5 Å². The maximum atomic E-state index is 12.2. The fourth-order valence-electron chi connectivity index (χ4n) is 2.31. The van der Waals surface area contributed by atoms with Gasteiger partial charge in [0.05, 0.1) is 30.4 Å². The molecule has 0 fully saturated rings. The number of allylic oxidation sites excluding steroid dienone is 1. The van der Waals surface area contributed by atoms with E-state index in [1.807, 2.05) is 0 Å². The second-order valence-electron chi connectivity index (χ2n) is 4.65. The molecule has 2 rings (SSSR count). The highest BCUT2D eigenvalue weighted by atomic mass is 35.5. The number of urea groups is 1. The minimum Gasteiger partial charge on any atom is -0.495 e. The fraction of sp³-hybridized carbons (Fsp3) is 0.333. The quantitative estimate of drug-likeness (QED) is 0.834. The second kappa shape index (κ2) is 6.70. The van der Waals surface area contributed by atoms with Gasteiger partial charge < -0.3 is 20.1 Å². The normalized spacial score (nSPS) is 17.6. The van der Waals surface area contributed by atoms with Crippen molar-refractivity contribution in [1.29, 1.82) is 0 Å². The molecule has 1 atom stereocenters. The summed E-state index contributed by atoms with van der Waals surface area (Å²) in [7, 11) is 1.50. The first-order chi connectivity index (χ1) is 10.5. The molecule has 0 radical (unpaired) electrons. The van der Waals surface area contributed by atoms with Gasteiger partial charge in [0, 0.05) is 11.3 Å². The number of hydrogen-bond acceptors (Lipinski definition) is 4. The molecule has 0 aliphatic carbocycles. The molecule has 1 aromatic rings. The Hall–Kier alpha value is -2.21. The van der Waals surface area contributed by atoms with E-state index in [4.69, 9.17) is 21.1 Å². The molecule has 6 nitrogen and oxygen atoms in total. The van der Waals surface area contributed by atoms with Crippen LogP contribution in [0.5, 0.6) is 5.75 Å². The molecule has 0 aromatic heterocycles. The first kappa shape index (κ1) is 16.2. The number of hydrogen-bond donors (Lipinski definition) is 2. The van der Waals surface area contributed by atoms with E-state index in [-0.39, 0.29) is 6.61 Å². The number of rotatable bonds is 4. The number of carbonyl (C=O) groups excluding carboxylic acids is 2. The Balaban J connectivity index is 2.53. The van der Waals surface area contributed by atoms with Crippen LogP contribution in [0.15, 0.2) is 29.5 Å². The Morgan fingerprint density at radius 3 is 2.77 bits per heavy atom. The summed E-state index contributed by atoms with van der Waals surface area (Å²) in [6, 6.07) is 4.07. The lowest BCUT2D eigenvalue weighted by atomic mass is 9.95. The minimum absolute atomic E-state index is 0.238. The summed E-state index contributed by atoms with van der Waals surface area (Å²) in [6.45, 7) is 3.60. The molecule has 1 aliphatic rings. The number of methoxy groups -OCH3 is 1. The lowest BCUT2D eigenvalue weighted by molar-refractivity contribution is -0.139. The third-order valence-corrected chi connectivity index (χ3v) is 3.69. The molecular weight excluding hydrogens is 308 g/mol. The Kier molecular flexibility index (Phi) is 4.92. The summed E-state index contributed by atoms with van der Waals surface area (Å²) in [4.78, 5) is 24.0. The number of ether oxygens (including phenoxy) is 2. The van der Waals surface area contributed by atoms with E-state index in [9.17, 15) is 9.59 Å². The van der Waals surface area contributed by atoms with Gasteiger partial charge >= 0.3 is 12.0 Å². The monoisotopic (exact) mass is 324 g/mol. The van der Waals surface area contributed by atoms with Crippen molar-refractivity contribution in [2.75, 3.05) is 13.7 Å². The predicted octanol–water partition coefficient (Wildman–Crippen LogP) is 2.54. The predicted molar refractivity (Wildman–Crippen MR) is 81.7 cm³/mol. The zero-order chi connectivity index (χ0) is 16.3. The van der Waals surface area contributed by atoms with Crippen LogP contribution >= 0.6 is 11.6 Å². The number of amides is 2. The highest BCUT2D eigenvalue weighted by Crippen LogP contribution is 2.36. The van der Waals surface area contributed by atoms with Crippen molar-refractivity contribution in [3.63, 3.8) is 0 Å². The zero-order valence-corrected chi connectivity index (χ0v) is 13.3. The molecule has 2 amide bonds. The summed E-state index contributed by atoms with van der Waals surface area (Å²) in [5.41, 5.74) is 1.32. The zero-order valence-electron chi connectivity index (χ0n) is 12.5. The fourth-order valence-corrected chi connectivity index (χ4v) is 2.63. The molecule has 1 heterocycles. The largest absolute Gasteiger partial charge is 0.495 e. The Morgan fingerprint density at radius 1 is 1.41 bits per heavy atom. The van der Waals surface area contributed by atoms with E-state index in [1.54, 1.807) is 32.0 Å². The van der Waals surface area contributed by atoms with Crippen LogP contribution in [0.3, 0.4) is 0 Å². The molecule has 1 aromatic carbocycles. The average molecular weight is 325 g/mol. The van der Waals surface area contributed by atoms with Crippen LogP contribution in [0.2, 0.25) is 5.02 Å². The maximum absolute atomic E-state index is 12.2. The van der Waals surface area contributed by atoms with Crippen molar-refractivity contribution in [3.8, 4) is 5.75 Å². The van der Waals surface area contributed by atoms with Gasteiger partial charge in [-0.05, 0) is 19.9 Å².